The van der Waals surface area contributed by atoms with Crippen molar-refractivity contribution in [3.63, 3.8) is 0 Å². The van der Waals surface area contributed by atoms with Gasteiger partial charge in [0.25, 0.3) is 0 Å². The van der Waals surface area contributed by atoms with E-state index in [0.29, 0.717) is 19.7 Å². The van der Waals surface area contributed by atoms with E-state index in [1.807, 2.05) is 65.9 Å². The molecule has 0 fully saturated rings. The molecule has 0 aliphatic heterocycles. The van der Waals surface area contributed by atoms with Gasteiger partial charge in [-0.2, -0.15) is 0 Å². The van der Waals surface area contributed by atoms with Gasteiger partial charge in [-0.15, -0.1) is 22.7 Å². The zero-order chi connectivity index (χ0) is 19.1. The van der Waals surface area contributed by atoms with Gasteiger partial charge in [-0.05, 0) is 54.4 Å². The number of hydrogen-bond acceptors (Lipinski definition) is 4. The van der Waals surface area contributed by atoms with Gasteiger partial charge in [-0.25, -0.2) is 4.79 Å². The molecule has 1 aromatic carbocycles. The number of hydrogen-bond donors (Lipinski definition) is 1. The van der Waals surface area contributed by atoms with Crippen molar-refractivity contribution in [2.24, 2.45) is 0 Å². The maximum Gasteiger partial charge on any atom is 0.318 e. The van der Waals surface area contributed by atoms with Crippen molar-refractivity contribution in [1.82, 2.24) is 10.2 Å². The summed E-state index contributed by atoms with van der Waals surface area (Å²) in [4.78, 5) is 17.2. The number of carbonyl (C=O) groups is 1. The molecule has 0 saturated carbocycles. The second kappa shape index (κ2) is 9.58. The normalized spacial score (nSPS) is 11.8. The Bertz CT molecular complexity index is 778. The first-order chi connectivity index (χ1) is 13.2. The number of rotatable bonds is 8. The Balaban J connectivity index is 1.66. The summed E-state index contributed by atoms with van der Waals surface area (Å²) in [6.45, 7) is 5.83. The SMILES string of the molecule is CCOc1ccc(C(C)NC(=O)N(Cc2cccs2)Cc2cccs2)cc1. The summed E-state index contributed by atoms with van der Waals surface area (Å²) >= 11 is 3.34. The van der Waals surface area contributed by atoms with E-state index in [4.69, 9.17) is 4.74 Å². The summed E-state index contributed by atoms with van der Waals surface area (Å²) in [5, 5.41) is 7.21. The molecule has 3 aromatic rings. The minimum Gasteiger partial charge on any atom is -0.494 e. The van der Waals surface area contributed by atoms with Gasteiger partial charge in [0.2, 0.25) is 0 Å². The van der Waals surface area contributed by atoms with Crippen LogP contribution < -0.4 is 10.1 Å². The lowest BCUT2D eigenvalue weighted by Crippen LogP contribution is -2.40. The van der Waals surface area contributed by atoms with E-state index >= 15 is 0 Å². The van der Waals surface area contributed by atoms with E-state index in [0.717, 1.165) is 11.3 Å². The number of nitrogens with one attached hydrogen (secondary N) is 1. The molecule has 2 heterocycles. The molecule has 0 aliphatic carbocycles. The summed E-state index contributed by atoms with van der Waals surface area (Å²) in [5.74, 6) is 0.844. The molecule has 1 unspecified atom stereocenters. The van der Waals surface area contributed by atoms with Gasteiger partial charge in [0.05, 0.1) is 25.7 Å². The van der Waals surface area contributed by atoms with Crippen molar-refractivity contribution in [2.45, 2.75) is 33.0 Å². The monoisotopic (exact) mass is 400 g/mol. The summed E-state index contributed by atoms with van der Waals surface area (Å²) < 4.78 is 5.48. The van der Waals surface area contributed by atoms with Crippen molar-refractivity contribution < 1.29 is 9.53 Å². The minimum atomic E-state index is -0.0812. The lowest BCUT2D eigenvalue weighted by Gasteiger charge is -2.25. The van der Waals surface area contributed by atoms with Crippen molar-refractivity contribution >= 4 is 28.7 Å². The Hall–Kier alpha value is -2.31. The molecule has 6 heteroatoms. The summed E-state index contributed by atoms with van der Waals surface area (Å²) in [6.07, 6.45) is 0. The predicted octanol–water partition coefficient (Wildman–Crippen LogP) is 5.68. The Morgan fingerprint density at radius 1 is 1.04 bits per heavy atom. The van der Waals surface area contributed by atoms with E-state index in [9.17, 15) is 4.79 Å². The van der Waals surface area contributed by atoms with Gasteiger partial charge in [0.15, 0.2) is 0 Å². The van der Waals surface area contributed by atoms with Crippen LogP contribution >= 0.6 is 22.7 Å². The van der Waals surface area contributed by atoms with E-state index in [-0.39, 0.29) is 12.1 Å². The Labute approximate surface area is 168 Å². The molecular weight excluding hydrogens is 376 g/mol. The maximum absolute atomic E-state index is 12.9. The van der Waals surface area contributed by atoms with Crippen LogP contribution in [0.4, 0.5) is 4.79 Å². The zero-order valence-corrected chi connectivity index (χ0v) is 17.2. The van der Waals surface area contributed by atoms with Gasteiger partial charge in [-0.3, -0.25) is 0 Å². The molecule has 0 spiro atoms. The molecule has 2 amide bonds. The molecule has 0 bridgehead atoms. The standard InChI is InChI=1S/C21H24N2O2S2/c1-3-25-18-10-8-17(9-11-18)16(2)22-21(24)23(14-19-6-4-12-26-19)15-20-7-5-13-27-20/h4-13,16H,3,14-15H2,1-2H3,(H,22,24). The van der Waals surface area contributed by atoms with Crippen molar-refractivity contribution in [3.8, 4) is 5.75 Å². The van der Waals surface area contributed by atoms with Crippen molar-refractivity contribution in [2.75, 3.05) is 6.61 Å². The van der Waals surface area contributed by atoms with Crippen LogP contribution in [-0.4, -0.2) is 17.5 Å². The number of nitrogens with zero attached hydrogens (tertiary/aromatic N) is 1. The molecule has 1 atom stereocenters. The van der Waals surface area contributed by atoms with E-state index < -0.39 is 0 Å². The number of carbonyl (C=O) groups excluding carboxylic acids is 1. The first-order valence-corrected chi connectivity index (χ1v) is 10.7. The van der Waals surface area contributed by atoms with E-state index in [1.54, 1.807) is 22.7 Å². The average Bonchev–Trinajstić information content (AvgIpc) is 3.36. The zero-order valence-electron chi connectivity index (χ0n) is 15.6. The molecule has 4 nitrogen and oxygen atoms in total. The third-order valence-corrected chi connectivity index (χ3v) is 5.89. The molecule has 27 heavy (non-hydrogen) atoms. The fourth-order valence-corrected chi connectivity index (χ4v) is 4.20. The van der Waals surface area contributed by atoms with Crippen LogP contribution in [0.2, 0.25) is 0 Å². The highest BCUT2D eigenvalue weighted by Crippen LogP contribution is 2.20. The van der Waals surface area contributed by atoms with Crippen LogP contribution in [0.1, 0.15) is 35.2 Å². The van der Waals surface area contributed by atoms with E-state index in [2.05, 4.69) is 17.4 Å². The van der Waals surface area contributed by atoms with Crippen LogP contribution in [0.25, 0.3) is 0 Å². The largest absolute Gasteiger partial charge is 0.494 e. The van der Waals surface area contributed by atoms with Crippen LogP contribution in [0.5, 0.6) is 5.75 Å². The Morgan fingerprint density at radius 3 is 2.11 bits per heavy atom. The lowest BCUT2D eigenvalue weighted by atomic mass is 10.1. The third-order valence-electron chi connectivity index (χ3n) is 4.17. The lowest BCUT2D eigenvalue weighted by molar-refractivity contribution is 0.190. The van der Waals surface area contributed by atoms with Crippen LogP contribution in [-0.2, 0) is 13.1 Å². The van der Waals surface area contributed by atoms with Gasteiger partial charge in [-0.1, -0.05) is 24.3 Å². The summed E-state index contributed by atoms with van der Waals surface area (Å²) in [7, 11) is 0. The highest BCUT2D eigenvalue weighted by atomic mass is 32.1. The Morgan fingerprint density at radius 2 is 1.63 bits per heavy atom. The smallest absolute Gasteiger partial charge is 0.318 e. The average molecular weight is 401 g/mol. The first kappa shape index (κ1) is 19.5. The fourth-order valence-electron chi connectivity index (χ4n) is 2.76. The second-order valence-electron chi connectivity index (χ2n) is 6.19. The molecular formula is C21H24N2O2S2. The van der Waals surface area contributed by atoms with Crippen molar-refractivity contribution in [3.05, 3.63) is 74.6 Å². The van der Waals surface area contributed by atoms with Crippen molar-refractivity contribution in [1.29, 1.82) is 0 Å². The predicted molar refractivity (Wildman–Crippen MR) is 112 cm³/mol. The third kappa shape index (κ3) is 5.58. The molecule has 0 aliphatic rings. The Kier molecular flexibility index (Phi) is 6.90. The summed E-state index contributed by atoms with van der Waals surface area (Å²) in [6, 6.07) is 15.9. The van der Waals surface area contributed by atoms with Crippen LogP contribution in [0.3, 0.4) is 0 Å². The minimum absolute atomic E-state index is 0.0572. The number of ether oxygens (including phenoxy) is 1. The summed E-state index contributed by atoms with van der Waals surface area (Å²) in [5.41, 5.74) is 1.05. The van der Waals surface area contributed by atoms with Crippen LogP contribution in [0, 0.1) is 0 Å². The molecule has 3 rings (SSSR count). The number of benzene rings is 1. The fraction of sp³-hybridized carbons (Fsp3) is 0.286. The molecule has 142 valence electrons. The number of thiophene rings is 2. The van der Waals surface area contributed by atoms with Gasteiger partial charge < -0.3 is 15.0 Å². The molecule has 1 N–H and O–H groups in total. The maximum atomic E-state index is 12.9. The second-order valence-corrected chi connectivity index (χ2v) is 8.25. The molecule has 0 radical (unpaired) electrons. The van der Waals surface area contributed by atoms with Gasteiger partial charge in [0, 0.05) is 9.75 Å². The topological polar surface area (TPSA) is 41.6 Å². The highest BCUT2D eigenvalue weighted by Gasteiger charge is 2.18. The van der Waals surface area contributed by atoms with Crippen LogP contribution in [0.15, 0.2) is 59.3 Å². The number of amides is 2. The van der Waals surface area contributed by atoms with E-state index in [1.165, 1.54) is 9.75 Å². The van der Waals surface area contributed by atoms with Gasteiger partial charge in [0.1, 0.15) is 5.75 Å². The number of urea groups is 1. The molecule has 0 saturated heterocycles. The highest BCUT2D eigenvalue weighted by molar-refractivity contribution is 7.10. The quantitative estimate of drug-likeness (QED) is 0.528. The first-order valence-electron chi connectivity index (χ1n) is 8.98. The van der Waals surface area contributed by atoms with Gasteiger partial charge >= 0.3 is 6.03 Å². The molecule has 2 aromatic heterocycles.